The molecule has 1 unspecified atom stereocenters. The largest absolute Gasteiger partial charge is 0.316 e. The van der Waals surface area contributed by atoms with Crippen LogP contribution in [0.4, 0.5) is 0 Å². The molecule has 1 atom stereocenters. The molecule has 0 bridgehead atoms. The molecule has 0 saturated carbocycles. The lowest BCUT2D eigenvalue weighted by atomic mass is 9.98. The van der Waals surface area contributed by atoms with Crippen molar-refractivity contribution in [1.82, 2.24) is 10.2 Å². The summed E-state index contributed by atoms with van der Waals surface area (Å²) in [6, 6.07) is 7.14. The van der Waals surface area contributed by atoms with Crippen molar-refractivity contribution in [3.05, 3.63) is 32.7 Å². The van der Waals surface area contributed by atoms with Crippen LogP contribution in [0.3, 0.4) is 0 Å². The van der Waals surface area contributed by atoms with Gasteiger partial charge in [-0.15, -0.1) is 0 Å². The summed E-state index contributed by atoms with van der Waals surface area (Å²) in [5, 5.41) is 3.52. The normalized spacial score (nSPS) is 19.8. The highest BCUT2D eigenvalue weighted by molar-refractivity contribution is 9.13. The third kappa shape index (κ3) is 4.83. The van der Waals surface area contributed by atoms with Crippen LogP contribution in [0.15, 0.2) is 27.1 Å². The summed E-state index contributed by atoms with van der Waals surface area (Å²) >= 11 is 7.13. The molecule has 1 N–H and O–H groups in total. The van der Waals surface area contributed by atoms with Crippen LogP contribution >= 0.6 is 31.9 Å². The Balaban J connectivity index is 1.99. The molecule has 1 aromatic carbocycles. The van der Waals surface area contributed by atoms with Crippen molar-refractivity contribution in [2.45, 2.75) is 39.3 Å². The number of nitrogens with zero attached hydrogens (tertiary/aromatic N) is 1. The summed E-state index contributed by atoms with van der Waals surface area (Å²) in [6.45, 7) is 9.18. The molecule has 0 aromatic heterocycles. The van der Waals surface area contributed by atoms with Gasteiger partial charge in [0.1, 0.15) is 0 Å². The standard InChI is InChI=1S/C16H24Br2N2/c1-12(2)20(11-14-4-3-7-19-9-14)10-13-5-6-15(17)16(18)8-13/h5-6,8,12,14,19H,3-4,7,9-11H2,1-2H3. The molecular weight excluding hydrogens is 380 g/mol. The number of piperidine rings is 1. The molecule has 1 heterocycles. The van der Waals surface area contributed by atoms with Crippen LogP contribution in [0.25, 0.3) is 0 Å². The van der Waals surface area contributed by atoms with E-state index in [-0.39, 0.29) is 0 Å². The number of hydrogen-bond donors (Lipinski definition) is 1. The zero-order valence-electron chi connectivity index (χ0n) is 12.3. The van der Waals surface area contributed by atoms with Gasteiger partial charge in [-0.3, -0.25) is 4.90 Å². The van der Waals surface area contributed by atoms with Gasteiger partial charge >= 0.3 is 0 Å². The Morgan fingerprint density at radius 2 is 2.10 bits per heavy atom. The molecule has 0 spiro atoms. The fourth-order valence-corrected chi connectivity index (χ4v) is 3.41. The highest BCUT2D eigenvalue weighted by Crippen LogP contribution is 2.25. The Bertz CT molecular complexity index is 428. The number of hydrogen-bond acceptors (Lipinski definition) is 2. The zero-order chi connectivity index (χ0) is 14.5. The van der Waals surface area contributed by atoms with E-state index in [1.807, 2.05) is 0 Å². The highest BCUT2D eigenvalue weighted by Gasteiger charge is 2.19. The molecule has 1 aliphatic rings. The number of benzene rings is 1. The quantitative estimate of drug-likeness (QED) is 0.782. The van der Waals surface area contributed by atoms with Gasteiger partial charge in [0.15, 0.2) is 0 Å². The second-order valence-electron chi connectivity index (χ2n) is 5.98. The van der Waals surface area contributed by atoms with Gasteiger partial charge in [-0.2, -0.15) is 0 Å². The third-order valence-corrected chi connectivity index (χ3v) is 5.87. The summed E-state index contributed by atoms with van der Waals surface area (Å²) in [5.74, 6) is 0.796. The molecule has 2 rings (SSSR count). The molecule has 1 saturated heterocycles. The lowest BCUT2D eigenvalue weighted by Gasteiger charge is -2.33. The van der Waals surface area contributed by atoms with E-state index in [2.05, 4.69) is 74.1 Å². The number of rotatable bonds is 5. The van der Waals surface area contributed by atoms with Gasteiger partial charge in [0.05, 0.1) is 0 Å². The molecule has 112 valence electrons. The van der Waals surface area contributed by atoms with E-state index < -0.39 is 0 Å². The zero-order valence-corrected chi connectivity index (χ0v) is 15.5. The number of halogens is 2. The predicted molar refractivity (Wildman–Crippen MR) is 93.0 cm³/mol. The predicted octanol–water partition coefficient (Wildman–Crippen LogP) is 4.42. The summed E-state index contributed by atoms with van der Waals surface area (Å²) in [5.41, 5.74) is 1.37. The minimum Gasteiger partial charge on any atom is -0.316 e. The molecule has 4 heteroatoms. The Hall–Kier alpha value is 0.1000. The van der Waals surface area contributed by atoms with E-state index in [0.717, 1.165) is 21.4 Å². The summed E-state index contributed by atoms with van der Waals surface area (Å²) in [6.07, 6.45) is 2.68. The maximum atomic E-state index is 3.60. The number of nitrogens with one attached hydrogen (secondary N) is 1. The van der Waals surface area contributed by atoms with Crippen molar-refractivity contribution in [3.8, 4) is 0 Å². The highest BCUT2D eigenvalue weighted by atomic mass is 79.9. The van der Waals surface area contributed by atoms with Gasteiger partial charge in [-0.05, 0) is 95.3 Å². The van der Waals surface area contributed by atoms with E-state index in [0.29, 0.717) is 6.04 Å². The molecule has 1 fully saturated rings. The summed E-state index contributed by atoms with van der Waals surface area (Å²) in [7, 11) is 0. The van der Waals surface area contributed by atoms with Crippen LogP contribution in [0, 0.1) is 5.92 Å². The lowest BCUT2D eigenvalue weighted by molar-refractivity contribution is 0.164. The molecular formula is C16H24Br2N2. The first-order valence-electron chi connectivity index (χ1n) is 7.45. The molecule has 0 aliphatic carbocycles. The van der Waals surface area contributed by atoms with Crippen LogP contribution in [-0.2, 0) is 6.54 Å². The maximum Gasteiger partial charge on any atom is 0.0320 e. The molecule has 2 nitrogen and oxygen atoms in total. The van der Waals surface area contributed by atoms with Gasteiger partial charge in [0.25, 0.3) is 0 Å². The van der Waals surface area contributed by atoms with Crippen LogP contribution in [0.5, 0.6) is 0 Å². The van der Waals surface area contributed by atoms with Crippen molar-refractivity contribution in [2.75, 3.05) is 19.6 Å². The summed E-state index contributed by atoms with van der Waals surface area (Å²) in [4.78, 5) is 2.59. The van der Waals surface area contributed by atoms with Crippen LogP contribution < -0.4 is 5.32 Å². The Labute approximate surface area is 139 Å². The van der Waals surface area contributed by atoms with Crippen molar-refractivity contribution in [3.63, 3.8) is 0 Å². The SMILES string of the molecule is CC(C)N(Cc1ccc(Br)c(Br)c1)CC1CCCNC1. The van der Waals surface area contributed by atoms with Crippen LogP contribution in [0.2, 0.25) is 0 Å². The lowest BCUT2D eigenvalue weighted by Crippen LogP contribution is -2.40. The fraction of sp³-hybridized carbons (Fsp3) is 0.625. The van der Waals surface area contributed by atoms with E-state index in [4.69, 9.17) is 0 Å². The average molecular weight is 404 g/mol. The minimum absolute atomic E-state index is 0.583. The maximum absolute atomic E-state index is 3.60. The third-order valence-electron chi connectivity index (χ3n) is 3.99. The molecule has 20 heavy (non-hydrogen) atoms. The van der Waals surface area contributed by atoms with E-state index >= 15 is 0 Å². The smallest absolute Gasteiger partial charge is 0.0320 e. The molecule has 0 amide bonds. The Kier molecular flexibility index (Phi) is 6.53. The topological polar surface area (TPSA) is 15.3 Å². The fourth-order valence-electron chi connectivity index (χ4n) is 2.74. The minimum atomic E-state index is 0.583. The molecule has 0 radical (unpaired) electrons. The molecule has 1 aromatic rings. The van der Waals surface area contributed by atoms with E-state index in [1.54, 1.807) is 0 Å². The van der Waals surface area contributed by atoms with Crippen LogP contribution in [-0.4, -0.2) is 30.6 Å². The monoisotopic (exact) mass is 402 g/mol. The van der Waals surface area contributed by atoms with Crippen molar-refractivity contribution >= 4 is 31.9 Å². The first kappa shape index (κ1) is 16.5. The van der Waals surface area contributed by atoms with Crippen molar-refractivity contribution < 1.29 is 0 Å². The Morgan fingerprint density at radius 3 is 2.70 bits per heavy atom. The van der Waals surface area contributed by atoms with Gasteiger partial charge < -0.3 is 5.32 Å². The second kappa shape index (κ2) is 7.92. The van der Waals surface area contributed by atoms with E-state index in [1.165, 1.54) is 38.0 Å². The van der Waals surface area contributed by atoms with Gasteiger partial charge in [0, 0.05) is 28.1 Å². The van der Waals surface area contributed by atoms with Gasteiger partial charge in [-0.1, -0.05) is 6.07 Å². The first-order valence-corrected chi connectivity index (χ1v) is 9.03. The summed E-state index contributed by atoms with van der Waals surface area (Å²) < 4.78 is 2.26. The van der Waals surface area contributed by atoms with Crippen molar-refractivity contribution in [1.29, 1.82) is 0 Å². The van der Waals surface area contributed by atoms with Crippen molar-refractivity contribution in [2.24, 2.45) is 5.92 Å². The van der Waals surface area contributed by atoms with E-state index in [9.17, 15) is 0 Å². The van der Waals surface area contributed by atoms with Crippen LogP contribution in [0.1, 0.15) is 32.3 Å². The second-order valence-corrected chi connectivity index (χ2v) is 7.69. The van der Waals surface area contributed by atoms with Gasteiger partial charge in [0.2, 0.25) is 0 Å². The Morgan fingerprint density at radius 1 is 1.30 bits per heavy atom. The van der Waals surface area contributed by atoms with Gasteiger partial charge in [-0.25, -0.2) is 0 Å². The average Bonchev–Trinajstić information content (AvgIpc) is 2.43. The first-order chi connectivity index (χ1) is 9.56. The molecule has 1 aliphatic heterocycles.